The number of benzene rings is 1. The van der Waals surface area contributed by atoms with Crippen molar-refractivity contribution in [2.75, 3.05) is 51.6 Å². The maximum atomic E-state index is 12.4. The van der Waals surface area contributed by atoms with E-state index in [9.17, 15) is 9.00 Å². The molecule has 2 heterocycles. The second kappa shape index (κ2) is 11.0. The molecule has 2 aromatic rings. The van der Waals surface area contributed by atoms with Crippen molar-refractivity contribution in [2.45, 2.75) is 19.6 Å². The first-order valence-electron chi connectivity index (χ1n) is 10.2. The van der Waals surface area contributed by atoms with E-state index in [1.54, 1.807) is 19.1 Å². The van der Waals surface area contributed by atoms with E-state index in [2.05, 4.69) is 27.0 Å². The first-order chi connectivity index (χ1) is 14.4. The van der Waals surface area contributed by atoms with E-state index in [1.165, 1.54) is 0 Å². The van der Waals surface area contributed by atoms with E-state index in [4.69, 9.17) is 16.0 Å². The van der Waals surface area contributed by atoms with Crippen LogP contribution in [-0.2, 0) is 21.3 Å². The zero-order chi connectivity index (χ0) is 21.5. The number of hydrogen-bond donors (Lipinski definition) is 1. The molecule has 1 aromatic heterocycles. The predicted molar refractivity (Wildman–Crippen MR) is 120 cm³/mol. The lowest BCUT2D eigenvalue weighted by molar-refractivity contribution is -0.118. The maximum absolute atomic E-state index is 12.4. The van der Waals surface area contributed by atoms with Gasteiger partial charge in [-0.05, 0) is 37.7 Å². The molecule has 1 aromatic carbocycles. The van der Waals surface area contributed by atoms with Crippen LogP contribution in [0.1, 0.15) is 18.4 Å². The summed E-state index contributed by atoms with van der Waals surface area (Å²) in [5, 5.41) is 3.52. The largest absolute Gasteiger partial charge is 0.441 e. The van der Waals surface area contributed by atoms with Gasteiger partial charge in [0.25, 0.3) is 0 Å². The average Bonchev–Trinajstić information content (AvgIpc) is 3.09. The van der Waals surface area contributed by atoms with Gasteiger partial charge < -0.3 is 14.6 Å². The lowest BCUT2D eigenvalue weighted by Crippen LogP contribution is -2.48. The van der Waals surface area contributed by atoms with Crippen molar-refractivity contribution >= 4 is 28.3 Å². The van der Waals surface area contributed by atoms with Gasteiger partial charge in [-0.25, -0.2) is 4.98 Å². The van der Waals surface area contributed by atoms with E-state index in [0.717, 1.165) is 44.8 Å². The maximum Gasteiger partial charge on any atom is 0.232 e. The van der Waals surface area contributed by atoms with Gasteiger partial charge in [0.2, 0.25) is 11.8 Å². The predicted octanol–water partition coefficient (Wildman–Crippen LogP) is 2.31. The summed E-state index contributed by atoms with van der Waals surface area (Å²) in [6, 6.07) is 7.18. The van der Waals surface area contributed by atoms with Gasteiger partial charge in [0, 0.05) is 60.7 Å². The number of carbonyl (C=O) groups excluding carboxylic acids is 1. The van der Waals surface area contributed by atoms with Crippen molar-refractivity contribution in [2.24, 2.45) is 0 Å². The van der Waals surface area contributed by atoms with Crippen molar-refractivity contribution in [1.82, 2.24) is 20.1 Å². The fraction of sp³-hybridized carbons (Fsp3) is 0.524. The van der Waals surface area contributed by atoms with Crippen LogP contribution in [0, 0.1) is 6.92 Å². The Morgan fingerprint density at radius 3 is 2.53 bits per heavy atom. The molecular formula is C21H29ClN4O3S. The number of nitrogens with zero attached hydrogens (tertiary/aromatic N) is 3. The van der Waals surface area contributed by atoms with Crippen LogP contribution in [0.25, 0.3) is 11.5 Å². The molecule has 9 heteroatoms. The lowest BCUT2D eigenvalue weighted by atomic mass is 10.2. The Morgan fingerprint density at radius 1 is 1.20 bits per heavy atom. The summed E-state index contributed by atoms with van der Waals surface area (Å²) in [6.07, 6.45) is 0. The monoisotopic (exact) mass is 452 g/mol. The van der Waals surface area contributed by atoms with E-state index in [0.29, 0.717) is 28.9 Å². The number of amides is 1. The lowest BCUT2D eigenvalue weighted by Gasteiger charge is -2.33. The van der Waals surface area contributed by atoms with E-state index < -0.39 is 10.8 Å². The van der Waals surface area contributed by atoms with E-state index in [-0.39, 0.29) is 17.4 Å². The Kier molecular flexibility index (Phi) is 8.44. The summed E-state index contributed by atoms with van der Waals surface area (Å²) in [7, 11) is -1.35. The first-order valence-corrected chi connectivity index (χ1v) is 12.1. The standard InChI is InChI=1S/C21H29ClN4O3S/c1-3-25-10-12-26(13-11-25)9-8-23-20(27)15-30(28)14-19-16(2)29-21(24-19)17-4-6-18(22)7-5-17/h4-7H,3,8-15H2,1-2H3,(H,23,27). The van der Waals surface area contributed by atoms with Gasteiger partial charge in [0.15, 0.2) is 0 Å². The topological polar surface area (TPSA) is 78.7 Å². The molecule has 0 bridgehead atoms. The van der Waals surface area contributed by atoms with Gasteiger partial charge >= 0.3 is 0 Å². The summed E-state index contributed by atoms with van der Waals surface area (Å²) in [5.41, 5.74) is 1.41. The molecule has 0 aliphatic carbocycles. The minimum atomic E-state index is -1.35. The third-order valence-corrected chi connectivity index (χ3v) is 6.67. The normalized spacial score (nSPS) is 16.5. The fourth-order valence-electron chi connectivity index (χ4n) is 3.36. The Hall–Kier alpha value is -1.74. The second-order valence-electron chi connectivity index (χ2n) is 7.38. The molecule has 3 rings (SSSR count). The summed E-state index contributed by atoms with van der Waals surface area (Å²) < 4.78 is 18.1. The van der Waals surface area contributed by atoms with Crippen molar-refractivity contribution in [3.05, 3.63) is 40.7 Å². The summed E-state index contributed by atoms with van der Waals surface area (Å²) >= 11 is 5.91. The SMILES string of the molecule is CCN1CCN(CCNC(=O)CS(=O)Cc2nc(-c3ccc(Cl)cc3)oc2C)CC1. The molecule has 0 radical (unpaired) electrons. The number of carbonyl (C=O) groups is 1. The Bertz CT molecular complexity index is 864. The van der Waals surface area contributed by atoms with Gasteiger partial charge in [0.1, 0.15) is 11.5 Å². The van der Waals surface area contributed by atoms with Crippen molar-refractivity contribution in [1.29, 1.82) is 0 Å². The van der Waals surface area contributed by atoms with Crippen LogP contribution in [0.15, 0.2) is 28.7 Å². The van der Waals surface area contributed by atoms with Crippen LogP contribution in [0.2, 0.25) is 5.02 Å². The average molecular weight is 453 g/mol. The molecule has 0 saturated carbocycles. The molecule has 0 spiro atoms. The summed E-state index contributed by atoms with van der Waals surface area (Å²) in [4.78, 5) is 21.4. The molecule has 1 fully saturated rings. The zero-order valence-electron chi connectivity index (χ0n) is 17.5. The quantitative estimate of drug-likeness (QED) is 0.629. The van der Waals surface area contributed by atoms with Gasteiger partial charge in [-0.15, -0.1) is 0 Å². The third-order valence-electron chi connectivity index (χ3n) is 5.24. The van der Waals surface area contributed by atoms with Crippen LogP contribution >= 0.6 is 11.6 Å². The van der Waals surface area contributed by atoms with Crippen LogP contribution in [-0.4, -0.2) is 76.5 Å². The molecule has 1 saturated heterocycles. The smallest absolute Gasteiger partial charge is 0.232 e. The third kappa shape index (κ3) is 6.63. The molecule has 1 atom stereocenters. The molecule has 1 aliphatic heterocycles. The van der Waals surface area contributed by atoms with Gasteiger partial charge in [-0.3, -0.25) is 13.9 Å². The van der Waals surface area contributed by atoms with Gasteiger partial charge in [0.05, 0.1) is 11.4 Å². The van der Waals surface area contributed by atoms with E-state index in [1.807, 2.05) is 12.1 Å². The summed E-state index contributed by atoms with van der Waals surface area (Å²) in [5.74, 6) is 1.03. The van der Waals surface area contributed by atoms with Crippen LogP contribution in [0.5, 0.6) is 0 Å². The minimum absolute atomic E-state index is 0.0355. The molecule has 30 heavy (non-hydrogen) atoms. The number of aromatic nitrogens is 1. The second-order valence-corrected chi connectivity index (χ2v) is 9.28. The Balaban J connectivity index is 1.42. The number of oxazole rings is 1. The fourth-order valence-corrected chi connectivity index (χ4v) is 4.56. The molecule has 1 amide bonds. The summed E-state index contributed by atoms with van der Waals surface area (Å²) in [6.45, 7) is 10.6. The zero-order valence-corrected chi connectivity index (χ0v) is 19.1. The highest BCUT2D eigenvalue weighted by atomic mass is 35.5. The highest BCUT2D eigenvalue weighted by molar-refractivity contribution is 7.84. The Morgan fingerprint density at radius 2 is 1.87 bits per heavy atom. The molecular weight excluding hydrogens is 424 g/mol. The first kappa shape index (κ1) is 22.9. The number of rotatable bonds is 9. The highest BCUT2D eigenvalue weighted by Crippen LogP contribution is 2.24. The number of aryl methyl sites for hydroxylation is 1. The van der Waals surface area contributed by atoms with Crippen molar-refractivity contribution < 1.29 is 13.4 Å². The minimum Gasteiger partial charge on any atom is -0.441 e. The van der Waals surface area contributed by atoms with Crippen LogP contribution < -0.4 is 5.32 Å². The van der Waals surface area contributed by atoms with Gasteiger partial charge in [-0.1, -0.05) is 18.5 Å². The Labute approximate surface area is 185 Å². The number of piperazine rings is 1. The molecule has 1 N–H and O–H groups in total. The van der Waals surface area contributed by atoms with Crippen molar-refractivity contribution in [3.8, 4) is 11.5 Å². The molecule has 1 unspecified atom stereocenters. The number of likely N-dealkylation sites (N-methyl/N-ethyl adjacent to an activating group) is 1. The van der Waals surface area contributed by atoms with Crippen LogP contribution in [0.3, 0.4) is 0 Å². The van der Waals surface area contributed by atoms with Gasteiger partial charge in [-0.2, -0.15) is 0 Å². The number of nitrogens with one attached hydrogen (secondary N) is 1. The number of hydrogen-bond acceptors (Lipinski definition) is 6. The highest BCUT2D eigenvalue weighted by Gasteiger charge is 2.17. The van der Waals surface area contributed by atoms with Crippen LogP contribution in [0.4, 0.5) is 0 Å². The molecule has 164 valence electrons. The van der Waals surface area contributed by atoms with Crippen molar-refractivity contribution in [3.63, 3.8) is 0 Å². The number of halogens is 1. The molecule has 7 nitrogen and oxygen atoms in total. The van der Waals surface area contributed by atoms with E-state index >= 15 is 0 Å². The molecule has 1 aliphatic rings.